The summed E-state index contributed by atoms with van der Waals surface area (Å²) in [7, 11) is 0. The number of hydrogen-bond acceptors (Lipinski definition) is 4. The van der Waals surface area contributed by atoms with Crippen LogP contribution >= 0.6 is 22.7 Å². The molecule has 0 N–H and O–H groups in total. The van der Waals surface area contributed by atoms with E-state index in [9.17, 15) is 10.5 Å². The quantitative estimate of drug-likeness (QED) is 0.151. The Kier molecular flexibility index (Phi) is 9.07. The van der Waals surface area contributed by atoms with Gasteiger partial charge in [-0.25, -0.2) is 0 Å². The molecule has 4 aromatic heterocycles. The van der Waals surface area contributed by atoms with E-state index in [1.54, 1.807) is 28.7 Å². The van der Waals surface area contributed by atoms with Gasteiger partial charge in [-0.05, 0) is 107 Å². The van der Waals surface area contributed by atoms with Gasteiger partial charge in [0.25, 0.3) is 0 Å². The molecule has 0 spiro atoms. The van der Waals surface area contributed by atoms with E-state index in [-0.39, 0.29) is 6.04 Å². The molecule has 200 valence electrons. The SMILES string of the molecule is C=C/C=C(\C=C/C)n1c(/C=C(/C)C#N)ccc1-c1ccc(-c2ccc(-c3ccc(/C=C(/C)C#N)n3C(C)C)s2)s1. The maximum Gasteiger partial charge on any atom is 0.0944 e. The smallest absolute Gasteiger partial charge is 0.0944 e. The van der Waals surface area contributed by atoms with Crippen LogP contribution in [-0.2, 0) is 0 Å². The molecule has 4 rings (SSSR count). The normalized spacial score (nSPS) is 12.8. The minimum absolute atomic E-state index is 0.261. The molecule has 0 radical (unpaired) electrons. The van der Waals surface area contributed by atoms with E-state index in [4.69, 9.17) is 0 Å². The molecule has 0 amide bonds. The van der Waals surface area contributed by atoms with Crippen molar-refractivity contribution in [1.82, 2.24) is 9.13 Å². The van der Waals surface area contributed by atoms with Gasteiger partial charge in [0, 0.05) is 44.0 Å². The first-order chi connectivity index (χ1) is 19.3. The van der Waals surface area contributed by atoms with Crippen molar-refractivity contribution in [3.63, 3.8) is 0 Å². The van der Waals surface area contributed by atoms with E-state index < -0.39 is 0 Å². The Hall–Kier alpha value is -4.36. The molecule has 0 atom stereocenters. The monoisotopic (exact) mass is 560 g/mol. The molecular formula is C34H32N4S2. The zero-order chi connectivity index (χ0) is 28.8. The average molecular weight is 561 g/mol. The largest absolute Gasteiger partial charge is 0.338 e. The first-order valence-corrected chi connectivity index (χ1v) is 14.7. The van der Waals surface area contributed by atoms with Crippen molar-refractivity contribution in [3.05, 3.63) is 102 Å². The molecule has 0 aliphatic carbocycles. The molecule has 40 heavy (non-hydrogen) atoms. The van der Waals surface area contributed by atoms with Crippen LogP contribution in [0.3, 0.4) is 0 Å². The molecule has 4 heterocycles. The van der Waals surface area contributed by atoms with Crippen molar-refractivity contribution >= 4 is 40.5 Å². The summed E-state index contributed by atoms with van der Waals surface area (Å²) in [6, 6.07) is 21.9. The first-order valence-electron chi connectivity index (χ1n) is 13.1. The number of nitriles is 2. The lowest BCUT2D eigenvalue weighted by atomic mass is 10.2. The van der Waals surface area contributed by atoms with E-state index in [1.807, 2.05) is 45.1 Å². The van der Waals surface area contributed by atoms with Crippen molar-refractivity contribution < 1.29 is 0 Å². The van der Waals surface area contributed by atoms with Gasteiger partial charge in [-0.2, -0.15) is 10.5 Å². The standard InChI is InChI=1S/C34H32N4S2/c1-7-9-26(10-8-2)38-28(20-25(6)22-36)12-14-30(38)32-16-18-34(40-32)33-17-15-31(39-33)29-13-11-27(19-24(5)21-35)37(29)23(3)4/h7-20,23H,1H2,2-6H3/b10-8-,24-19-,25-20-,26-9+. The third-order valence-electron chi connectivity index (χ3n) is 6.30. The number of nitrogens with zero attached hydrogens (tertiary/aromatic N) is 4. The Bertz CT molecular complexity index is 1740. The van der Waals surface area contributed by atoms with Crippen LogP contribution in [0.5, 0.6) is 0 Å². The van der Waals surface area contributed by atoms with Crippen molar-refractivity contribution in [1.29, 1.82) is 10.5 Å². The number of allylic oxidation sites excluding steroid dienone is 7. The van der Waals surface area contributed by atoms with Crippen molar-refractivity contribution in [3.8, 4) is 43.0 Å². The van der Waals surface area contributed by atoms with Gasteiger partial charge in [0.05, 0.1) is 33.3 Å². The van der Waals surface area contributed by atoms with E-state index in [0.717, 1.165) is 33.3 Å². The number of aromatic nitrogens is 2. The van der Waals surface area contributed by atoms with Gasteiger partial charge < -0.3 is 9.13 Å². The third kappa shape index (κ3) is 5.95. The highest BCUT2D eigenvalue weighted by Crippen LogP contribution is 2.42. The molecular weight excluding hydrogens is 529 g/mol. The molecule has 0 fully saturated rings. The summed E-state index contributed by atoms with van der Waals surface area (Å²) in [6.45, 7) is 13.9. The van der Waals surface area contributed by atoms with Crippen LogP contribution in [0, 0.1) is 22.7 Å². The average Bonchev–Trinajstić information content (AvgIpc) is 3.73. The maximum absolute atomic E-state index is 9.38. The molecule has 0 bridgehead atoms. The predicted molar refractivity (Wildman–Crippen MR) is 173 cm³/mol. The van der Waals surface area contributed by atoms with Gasteiger partial charge in [0.1, 0.15) is 0 Å². The lowest BCUT2D eigenvalue weighted by Crippen LogP contribution is -2.04. The summed E-state index contributed by atoms with van der Waals surface area (Å²) in [5.41, 5.74) is 6.52. The number of rotatable bonds is 9. The van der Waals surface area contributed by atoms with E-state index in [1.165, 1.54) is 14.6 Å². The third-order valence-corrected chi connectivity index (χ3v) is 8.71. The number of hydrogen-bond donors (Lipinski definition) is 0. The minimum Gasteiger partial charge on any atom is -0.338 e. The lowest BCUT2D eigenvalue weighted by Gasteiger charge is -2.15. The molecule has 0 aliphatic heterocycles. The van der Waals surface area contributed by atoms with Crippen molar-refractivity contribution in [2.24, 2.45) is 0 Å². The van der Waals surface area contributed by atoms with E-state index in [0.29, 0.717) is 11.1 Å². The Morgan fingerprint density at radius 1 is 0.800 bits per heavy atom. The molecule has 0 aliphatic rings. The van der Waals surface area contributed by atoms with Crippen LogP contribution in [0.1, 0.15) is 52.0 Å². The van der Waals surface area contributed by atoms with Crippen molar-refractivity contribution in [2.75, 3.05) is 0 Å². The van der Waals surface area contributed by atoms with Crippen LogP contribution in [0.2, 0.25) is 0 Å². The van der Waals surface area contributed by atoms with E-state index in [2.05, 4.69) is 96.3 Å². The van der Waals surface area contributed by atoms with Crippen LogP contribution in [-0.4, -0.2) is 9.13 Å². The fourth-order valence-electron chi connectivity index (χ4n) is 4.62. The molecule has 6 heteroatoms. The summed E-state index contributed by atoms with van der Waals surface area (Å²) < 4.78 is 4.46. The summed E-state index contributed by atoms with van der Waals surface area (Å²) in [4.78, 5) is 4.75. The van der Waals surface area contributed by atoms with Crippen LogP contribution in [0.25, 0.3) is 48.7 Å². The first kappa shape index (κ1) is 28.6. The molecule has 0 saturated heterocycles. The van der Waals surface area contributed by atoms with Gasteiger partial charge in [0.2, 0.25) is 0 Å². The Morgan fingerprint density at radius 3 is 1.88 bits per heavy atom. The molecule has 4 nitrogen and oxygen atoms in total. The van der Waals surface area contributed by atoms with Gasteiger partial charge in [0.15, 0.2) is 0 Å². The fourth-order valence-corrected chi connectivity index (χ4v) is 6.77. The van der Waals surface area contributed by atoms with E-state index >= 15 is 0 Å². The predicted octanol–water partition coefficient (Wildman–Crippen LogP) is 10.5. The zero-order valence-corrected chi connectivity index (χ0v) is 25.1. The molecule has 0 saturated carbocycles. The second-order valence-corrected chi connectivity index (χ2v) is 11.8. The number of thiophene rings is 2. The van der Waals surface area contributed by atoms with Gasteiger partial charge in [-0.3, -0.25) is 0 Å². The second kappa shape index (κ2) is 12.7. The highest BCUT2D eigenvalue weighted by Gasteiger charge is 2.17. The molecule has 0 unspecified atom stereocenters. The van der Waals surface area contributed by atoms with Gasteiger partial charge in [-0.1, -0.05) is 18.7 Å². The Balaban J connectivity index is 1.76. The topological polar surface area (TPSA) is 57.4 Å². The van der Waals surface area contributed by atoms with Crippen LogP contribution in [0.15, 0.2) is 90.6 Å². The minimum atomic E-state index is 0.261. The molecule has 4 aromatic rings. The summed E-state index contributed by atoms with van der Waals surface area (Å²) in [5, 5.41) is 18.6. The fraction of sp³-hybridized carbons (Fsp3) is 0.176. The highest BCUT2D eigenvalue weighted by atomic mass is 32.1. The van der Waals surface area contributed by atoms with Crippen LogP contribution < -0.4 is 0 Å². The summed E-state index contributed by atoms with van der Waals surface area (Å²) in [5.74, 6) is 0. The molecule has 0 aromatic carbocycles. The van der Waals surface area contributed by atoms with Crippen molar-refractivity contribution in [2.45, 2.75) is 40.7 Å². The highest BCUT2D eigenvalue weighted by molar-refractivity contribution is 7.25. The zero-order valence-electron chi connectivity index (χ0n) is 23.5. The summed E-state index contributed by atoms with van der Waals surface area (Å²) >= 11 is 3.53. The Labute approximate surface area is 245 Å². The summed E-state index contributed by atoms with van der Waals surface area (Å²) in [6.07, 6.45) is 11.7. The van der Waals surface area contributed by atoms with Gasteiger partial charge >= 0.3 is 0 Å². The van der Waals surface area contributed by atoms with Gasteiger partial charge in [-0.15, -0.1) is 22.7 Å². The Morgan fingerprint density at radius 2 is 1.32 bits per heavy atom. The lowest BCUT2D eigenvalue weighted by molar-refractivity contribution is 0.606. The van der Waals surface area contributed by atoms with Crippen LogP contribution in [0.4, 0.5) is 0 Å². The second-order valence-electron chi connectivity index (χ2n) is 9.62. The maximum atomic E-state index is 9.38.